The average Bonchev–Trinajstić information content (AvgIpc) is 2.47. The van der Waals surface area contributed by atoms with Crippen molar-refractivity contribution in [2.75, 3.05) is 40.3 Å². The molecule has 1 aromatic carbocycles. The maximum absolute atomic E-state index is 12.6. The van der Waals surface area contributed by atoms with Gasteiger partial charge in [-0.1, -0.05) is 11.6 Å². The minimum absolute atomic E-state index is 0.109. The van der Waals surface area contributed by atoms with Gasteiger partial charge in [0.1, 0.15) is 0 Å². The van der Waals surface area contributed by atoms with Crippen molar-refractivity contribution in [1.29, 1.82) is 0 Å². The number of esters is 1. The number of carbonyl (C=O) groups excluding carboxylic acids is 2. The van der Waals surface area contributed by atoms with Gasteiger partial charge < -0.3 is 14.5 Å². The largest absolute Gasteiger partial charge is 0.466 e. The molecule has 1 amide bonds. The van der Waals surface area contributed by atoms with Gasteiger partial charge in [0.05, 0.1) is 13.0 Å². The number of carbonyl (C=O) groups is 2. The van der Waals surface area contributed by atoms with E-state index in [4.69, 9.17) is 16.3 Å². The molecule has 0 atom stereocenters. The van der Waals surface area contributed by atoms with Crippen molar-refractivity contribution in [3.8, 4) is 0 Å². The van der Waals surface area contributed by atoms with Crippen molar-refractivity contribution in [2.45, 2.75) is 13.3 Å². The van der Waals surface area contributed by atoms with E-state index in [1.165, 1.54) is 0 Å². The van der Waals surface area contributed by atoms with E-state index in [2.05, 4.69) is 0 Å². The van der Waals surface area contributed by atoms with Gasteiger partial charge in [0, 0.05) is 30.2 Å². The number of benzene rings is 1. The Labute approximate surface area is 136 Å². The molecule has 0 N–H and O–H groups in total. The van der Waals surface area contributed by atoms with Crippen LogP contribution in [0, 0.1) is 0 Å². The minimum Gasteiger partial charge on any atom is -0.466 e. The highest BCUT2D eigenvalue weighted by Crippen LogP contribution is 2.12. The first kappa shape index (κ1) is 18.5. The summed E-state index contributed by atoms with van der Waals surface area (Å²) in [7, 11) is 3.88. The topological polar surface area (TPSA) is 49.9 Å². The van der Waals surface area contributed by atoms with Crippen molar-refractivity contribution >= 4 is 23.5 Å². The molecule has 0 aliphatic rings. The number of likely N-dealkylation sites (N-methyl/N-ethyl adjacent to an activating group) is 1. The predicted octanol–water partition coefficient (Wildman–Crippen LogP) is 2.30. The molecule has 1 rings (SSSR count). The average molecular weight is 327 g/mol. The normalized spacial score (nSPS) is 10.6. The van der Waals surface area contributed by atoms with Crippen molar-refractivity contribution in [2.24, 2.45) is 0 Å². The van der Waals surface area contributed by atoms with Gasteiger partial charge in [-0.15, -0.1) is 0 Å². The Balaban J connectivity index is 2.72. The molecule has 6 heteroatoms. The Kier molecular flexibility index (Phi) is 7.91. The van der Waals surface area contributed by atoms with E-state index in [1.807, 2.05) is 19.0 Å². The fourth-order valence-corrected chi connectivity index (χ4v) is 2.00. The van der Waals surface area contributed by atoms with Gasteiger partial charge in [-0.05, 0) is 45.3 Å². The zero-order valence-electron chi connectivity index (χ0n) is 13.3. The maximum atomic E-state index is 12.6. The third kappa shape index (κ3) is 6.45. The SMILES string of the molecule is CCOC(=O)CCN(CCN(C)C)C(=O)c1ccc(Cl)cc1. The first-order valence-corrected chi connectivity index (χ1v) is 7.67. The van der Waals surface area contributed by atoms with Crippen molar-refractivity contribution in [3.63, 3.8) is 0 Å². The van der Waals surface area contributed by atoms with Gasteiger partial charge >= 0.3 is 5.97 Å². The van der Waals surface area contributed by atoms with Crippen LogP contribution in [0.4, 0.5) is 0 Å². The van der Waals surface area contributed by atoms with Crippen LogP contribution in [-0.2, 0) is 9.53 Å². The monoisotopic (exact) mass is 326 g/mol. The molecule has 0 spiro atoms. The summed E-state index contributed by atoms with van der Waals surface area (Å²) in [5, 5.41) is 0.586. The second-order valence-electron chi connectivity index (χ2n) is 5.16. The molecule has 122 valence electrons. The van der Waals surface area contributed by atoms with Crippen LogP contribution in [0.3, 0.4) is 0 Å². The first-order chi connectivity index (χ1) is 10.4. The molecule has 0 fully saturated rings. The fourth-order valence-electron chi connectivity index (χ4n) is 1.87. The Bertz CT molecular complexity index is 489. The lowest BCUT2D eigenvalue weighted by molar-refractivity contribution is -0.143. The first-order valence-electron chi connectivity index (χ1n) is 7.29. The van der Waals surface area contributed by atoms with Crippen LogP contribution in [0.1, 0.15) is 23.7 Å². The summed E-state index contributed by atoms with van der Waals surface area (Å²) < 4.78 is 4.91. The summed E-state index contributed by atoms with van der Waals surface area (Å²) in [4.78, 5) is 27.7. The summed E-state index contributed by atoms with van der Waals surface area (Å²) in [5.41, 5.74) is 0.562. The molecular formula is C16H23ClN2O3. The third-order valence-corrected chi connectivity index (χ3v) is 3.34. The molecule has 0 aliphatic carbocycles. The molecule has 0 aliphatic heterocycles. The zero-order chi connectivity index (χ0) is 16.5. The number of halogens is 1. The Hall–Kier alpha value is -1.59. The van der Waals surface area contributed by atoms with Gasteiger partial charge in [0.25, 0.3) is 5.91 Å². The molecule has 0 heterocycles. The number of hydrogen-bond donors (Lipinski definition) is 0. The van der Waals surface area contributed by atoms with Gasteiger partial charge in [-0.3, -0.25) is 9.59 Å². The summed E-state index contributed by atoms with van der Waals surface area (Å²) in [5.74, 6) is -0.399. The number of amides is 1. The molecule has 5 nitrogen and oxygen atoms in total. The maximum Gasteiger partial charge on any atom is 0.307 e. The van der Waals surface area contributed by atoms with Crippen molar-refractivity contribution in [1.82, 2.24) is 9.80 Å². The van der Waals surface area contributed by atoms with Crippen LogP contribution in [0.25, 0.3) is 0 Å². The predicted molar refractivity (Wildman–Crippen MR) is 87.2 cm³/mol. The molecule has 0 saturated carbocycles. The molecule has 0 unspecified atom stereocenters. The lowest BCUT2D eigenvalue weighted by Crippen LogP contribution is -2.38. The van der Waals surface area contributed by atoms with Crippen LogP contribution in [0.5, 0.6) is 0 Å². The molecular weight excluding hydrogens is 304 g/mol. The highest BCUT2D eigenvalue weighted by Gasteiger charge is 2.17. The third-order valence-electron chi connectivity index (χ3n) is 3.09. The second-order valence-corrected chi connectivity index (χ2v) is 5.59. The quantitative estimate of drug-likeness (QED) is 0.688. The Morgan fingerprint density at radius 3 is 2.27 bits per heavy atom. The summed E-state index contributed by atoms with van der Waals surface area (Å²) >= 11 is 5.84. The number of ether oxygens (including phenoxy) is 1. The number of hydrogen-bond acceptors (Lipinski definition) is 4. The lowest BCUT2D eigenvalue weighted by atomic mass is 10.2. The molecule has 22 heavy (non-hydrogen) atoms. The van der Waals surface area contributed by atoms with E-state index in [0.29, 0.717) is 30.3 Å². The lowest BCUT2D eigenvalue weighted by Gasteiger charge is -2.24. The van der Waals surface area contributed by atoms with Crippen LogP contribution in [0.15, 0.2) is 24.3 Å². The zero-order valence-corrected chi connectivity index (χ0v) is 14.1. The van der Waals surface area contributed by atoms with E-state index < -0.39 is 0 Å². The Morgan fingerprint density at radius 2 is 1.73 bits per heavy atom. The van der Waals surface area contributed by atoms with Crippen molar-refractivity contribution < 1.29 is 14.3 Å². The fraction of sp³-hybridized carbons (Fsp3) is 0.500. The van der Waals surface area contributed by atoms with Crippen LogP contribution >= 0.6 is 11.6 Å². The number of rotatable bonds is 8. The summed E-state index contributed by atoms with van der Waals surface area (Å²) in [6, 6.07) is 6.75. The van der Waals surface area contributed by atoms with E-state index >= 15 is 0 Å². The van der Waals surface area contributed by atoms with E-state index in [9.17, 15) is 9.59 Å². The van der Waals surface area contributed by atoms with Crippen LogP contribution in [0.2, 0.25) is 5.02 Å². The van der Waals surface area contributed by atoms with E-state index in [-0.39, 0.29) is 18.3 Å². The minimum atomic E-state index is -0.291. The molecule has 0 radical (unpaired) electrons. The van der Waals surface area contributed by atoms with Crippen LogP contribution in [-0.4, -0.2) is 62.0 Å². The van der Waals surface area contributed by atoms with Gasteiger partial charge in [0.15, 0.2) is 0 Å². The van der Waals surface area contributed by atoms with Gasteiger partial charge in [-0.2, -0.15) is 0 Å². The molecule has 0 saturated heterocycles. The number of nitrogens with zero attached hydrogens (tertiary/aromatic N) is 2. The standard InChI is InChI=1S/C16H23ClN2O3/c1-4-22-15(20)9-10-19(12-11-18(2)3)16(21)13-5-7-14(17)8-6-13/h5-8H,4,9-12H2,1-3H3. The van der Waals surface area contributed by atoms with E-state index in [1.54, 1.807) is 36.1 Å². The summed E-state index contributed by atoms with van der Waals surface area (Å²) in [6.07, 6.45) is 0.195. The highest BCUT2D eigenvalue weighted by molar-refractivity contribution is 6.30. The highest BCUT2D eigenvalue weighted by atomic mass is 35.5. The van der Waals surface area contributed by atoms with E-state index in [0.717, 1.165) is 6.54 Å². The molecule has 0 bridgehead atoms. The summed E-state index contributed by atoms with van der Waals surface area (Å²) in [6.45, 7) is 3.73. The Morgan fingerprint density at radius 1 is 1.09 bits per heavy atom. The van der Waals surface area contributed by atoms with Gasteiger partial charge in [-0.25, -0.2) is 0 Å². The molecule has 1 aromatic rings. The smallest absolute Gasteiger partial charge is 0.307 e. The van der Waals surface area contributed by atoms with Crippen molar-refractivity contribution in [3.05, 3.63) is 34.9 Å². The second kappa shape index (κ2) is 9.43. The van der Waals surface area contributed by atoms with Crippen LogP contribution < -0.4 is 0 Å². The van der Waals surface area contributed by atoms with Gasteiger partial charge in [0.2, 0.25) is 0 Å². The molecule has 0 aromatic heterocycles.